The van der Waals surface area contributed by atoms with Gasteiger partial charge in [-0.25, -0.2) is 8.42 Å². The molecule has 2 aromatic carbocycles. The molecule has 2 aromatic rings. The lowest BCUT2D eigenvalue weighted by atomic mass is 10.2. The molecule has 0 atom stereocenters. The quantitative estimate of drug-likeness (QED) is 0.729. The van der Waals surface area contributed by atoms with E-state index in [1.54, 1.807) is 54.6 Å². The minimum Gasteiger partial charge on any atom is -0.383 e. The molecule has 0 radical (unpaired) electrons. The summed E-state index contributed by atoms with van der Waals surface area (Å²) in [4.78, 5) is 12.3. The summed E-state index contributed by atoms with van der Waals surface area (Å²) in [5, 5.41) is 2.65. The van der Waals surface area contributed by atoms with Crippen LogP contribution in [0.3, 0.4) is 0 Å². The number of carbonyl (C=O) groups is 1. The number of anilines is 1. The molecule has 0 fully saturated rings. The summed E-state index contributed by atoms with van der Waals surface area (Å²) < 4.78 is 32.1. The van der Waals surface area contributed by atoms with Gasteiger partial charge in [0, 0.05) is 13.7 Å². The molecule has 0 spiro atoms. The van der Waals surface area contributed by atoms with Crippen LogP contribution < -0.4 is 9.62 Å². The van der Waals surface area contributed by atoms with Gasteiger partial charge in [-0.05, 0) is 31.2 Å². The maximum absolute atomic E-state index is 13.0. The van der Waals surface area contributed by atoms with E-state index in [0.29, 0.717) is 18.8 Å². The molecule has 2 rings (SSSR count). The second-order valence-electron chi connectivity index (χ2n) is 5.50. The number of carbonyl (C=O) groups excluding carboxylic acids is 1. The fourth-order valence-electron chi connectivity index (χ4n) is 2.23. The van der Waals surface area contributed by atoms with E-state index >= 15 is 0 Å². The van der Waals surface area contributed by atoms with Crippen molar-refractivity contribution in [1.82, 2.24) is 5.32 Å². The van der Waals surface area contributed by atoms with E-state index in [1.807, 2.05) is 6.92 Å². The Morgan fingerprint density at radius 2 is 1.72 bits per heavy atom. The standard InChI is InChI=1S/C18H22N2O4S/c1-15-8-10-17(11-9-15)25(22,23)20(16-6-4-3-5-7-16)14-18(21)19-12-13-24-2/h3-11H,12-14H2,1-2H3,(H,19,21). The number of hydrogen-bond donors (Lipinski definition) is 1. The lowest BCUT2D eigenvalue weighted by Crippen LogP contribution is -2.41. The Balaban J connectivity index is 2.31. The molecule has 7 heteroatoms. The number of aryl methyl sites for hydroxylation is 1. The summed E-state index contributed by atoms with van der Waals surface area (Å²) in [6.07, 6.45) is 0. The second kappa shape index (κ2) is 8.64. The van der Waals surface area contributed by atoms with Gasteiger partial charge in [0.05, 0.1) is 17.2 Å². The number of nitrogens with one attached hydrogen (secondary N) is 1. The summed E-state index contributed by atoms with van der Waals surface area (Å²) in [7, 11) is -2.32. The van der Waals surface area contributed by atoms with Crippen LogP contribution in [0.2, 0.25) is 0 Å². The molecule has 0 saturated carbocycles. The number of benzene rings is 2. The lowest BCUT2D eigenvalue weighted by Gasteiger charge is -2.24. The molecule has 0 aromatic heterocycles. The van der Waals surface area contributed by atoms with Crippen molar-refractivity contribution in [2.24, 2.45) is 0 Å². The van der Waals surface area contributed by atoms with Crippen LogP contribution >= 0.6 is 0 Å². The Morgan fingerprint density at radius 3 is 2.32 bits per heavy atom. The third-order valence-corrected chi connectivity index (χ3v) is 5.36. The molecule has 1 N–H and O–H groups in total. The normalized spacial score (nSPS) is 11.1. The lowest BCUT2D eigenvalue weighted by molar-refractivity contribution is -0.119. The first-order chi connectivity index (χ1) is 11.9. The van der Waals surface area contributed by atoms with Gasteiger partial charge in [-0.3, -0.25) is 9.10 Å². The van der Waals surface area contributed by atoms with Gasteiger partial charge >= 0.3 is 0 Å². The number of rotatable bonds is 8. The Hall–Kier alpha value is -2.38. The predicted molar refractivity (Wildman–Crippen MR) is 97.0 cm³/mol. The van der Waals surface area contributed by atoms with Crippen LogP contribution in [0.15, 0.2) is 59.5 Å². The molecular weight excluding hydrogens is 340 g/mol. The summed E-state index contributed by atoms with van der Waals surface area (Å²) in [5.74, 6) is -0.392. The van der Waals surface area contributed by atoms with Crippen LogP contribution in [0.1, 0.15) is 5.56 Å². The van der Waals surface area contributed by atoms with E-state index in [4.69, 9.17) is 4.74 Å². The van der Waals surface area contributed by atoms with Gasteiger partial charge in [0.2, 0.25) is 5.91 Å². The summed E-state index contributed by atoms with van der Waals surface area (Å²) in [6, 6.07) is 15.1. The SMILES string of the molecule is COCCNC(=O)CN(c1ccccc1)S(=O)(=O)c1ccc(C)cc1. The third-order valence-electron chi connectivity index (χ3n) is 3.57. The summed E-state index contributed by atoms with van der Waals surface area (Å²) in [5.41, 5.74) is 1.40. The Bertz CT molecular complexity index is 790. The van der Waals surface area contributed by atoms with E-state index in [0.717, 1.165) is 9.87 Å². The van der Waals surface area contributed by atoms with Crippen molar-refractivity contribution >= 4 is 21.6 Å². The summed E-state index contributed by atoms with van der Waals surface area (Å²) in [6.45, 7) is 2.27. The first kappa shape index (κ1) is 19.0. The Kier molecular flexibility index (Phi) is 6.55. The molecule has 0 heterocycles. The number of para-hydroxylation sites is 1. The van der Waals surface area contributed by atoms with Crippen molar-refractivity contribution in [2.75, 3.05) is 31.1 Å². The minimum atomic E-state index is -3.86. The van der Waals surface area contributed by atoms with Gasteiger partial charge in [0.25, 0.3) is 10.0 Å². The maximum Gasteiger partial charge on any atom is 0.264 e. The van der Waals surface area contributed by atoms with Gasteiger partial charge in [0.15, 0.2) is 0 Å². The van der Waals surface area contributed by atoms with Gasteiger partial charge in [-0.2, -0.15) is 0 Å². The zero-order chi connectivity index (χ0) is 18.3. The highest BCUT2D eigenvalue weighted by Gasteiger charge is 2.26. The van der Waals surface area contributed by atoms with Crippen molar-refractivity contribution in [3.8, 4) is 0 Å². The highest BCUT2D eigenvalue weighted by Crippen LogP contribution is 2.23. The van der Waals surface area contributed by atoms with Crippen molar-refractivity contribution in [1.29, 1.82) is 0 Å². The van der Waals surface area contributed by atoms with Crippen molar-refractivity contribution in [2.45, 2.75) is 11.8 Å². The molecule has 25 heavy (non-hydrogen) atoms. The van der Waals surface area contributed by atoms with Gasteiger partial charge in [-0.15, -0.1) is 0 Å². The molecular formula is C18H22N2O4S. The van der Waals surface area contributed by atoms with Crippen molar-refractivity contribution in [3.63, 3.8) is 0 Å². The number of methoxy groups -OCH3 is 1. The number of amides is 1. The molecule has 134 valence electrons. The highest BCUT2D eigenvalue weighted by molar-refractivity contribution is 7.92. The number of sulfonamides is 1. The van der Waals surface area contributed by atoms with Gasteiger partial charge < -0.3 is 10.1 Å². The van der Waals surface area contributed by atoms with Crippen molar-refractivity contribution in [3.05, 3.63) is 60.2 Å². The van der Waals surface area contributed by atoms with E-state index in [-0.39, 0.29) is 11.4 Å². The smallest absolute Gasteiger partial charge is 0.264 e. The largest absolute Gasteiger partial charge is 0.383 e. The van der Waals surface area contributed by atoms with Crippen LogP contribution in [-0.2, 0) is 19.6 Å². The fraction of sp³-hybridized carbons (Fsp3) is 0.278. The van der Waals surface area contributed by atoms with E-state index in [9.17, 15) is 13.2 Å². The van der Waals surface area contributed by atoms with Gasteiger partial charge in [0.1, 0.15) is 6.54 Å². The average Bonchev–Trinajstić information content (AvgIpc) is 2.61. The van der Waals surface area contributed by atoms with Crippen LogP contribution in [0, 0.1) is 6.92 Å². The van der Waals surface area contributed by atoms with Crippen LogP contribution in [0.5, 0.6) is 0 Å². The molecule has 0 unspecified atom stereocenters. The first-order valence-electron chi connectivity index (χ1n) is 7.85. The zero-order valence-electron chi connectivity index (χ0n) is 14.3. The van der Waals surface area contributed by atoms with Crippen molar-refractivity contribution < 1.29 is 17.9 Å². The molecule has 0 saturated heterocycles. The maximum atomic E-state index is 13.0. The Labute approximate surface area is 148 Å². The molecule has 0 aliphatic heterocycles. The predicted octanol–water partition coefficient (Wildman–Crippen LogP) is 1.95. The average molecular weight is 362 g/mol. The fourth-order valence-corrected chi connectivity index (χ4v) is 3.65. The molecule has 0 aliphatic rings. The first-order valence-corrected chi connectivity index (χ1v) is 9.29. The van der Waals surface area contributed by atoms with E-state index in [2.05, 4.69) is 5.32 Å². The molecule has 0 bridgehead atoms. The van der Waals surface area contributed by atoms with Crippen LogP contribution in [-0.4, -0.2) is 41.1 Å². The number of nitrogens with zero attached hydrogens (tertiary/aromatic N) is 1. The highest BCUT2D eigenvalue weighted by atomic mass is 32.2. The minimum absolute atomic E-state index is 0.145. The second-order valence-corrected chi connectivity index (χ2v) is 7.37. The third kappa shape index (κ3) is 5.04. The zero-order valence-corrected chi connectivity index (χ0v) is 15.1. The topological polar surface area (TPSA) is 75.7 Å². The molecule has 0 aliphatic carbocycles. The summed E-state index contributed by atoms with van der Waals surface area (Å²) >= 11 is 0. The Morgan fingerprint density at radius 1 is 1.08 bits per heavy atom. The number of hydrogen-bond acceptors (Lipinski definition) is 4. The number of ether oxygens (including phenoxy) is 1. The van der Waals surface area contributed by atoms with E-state index in [1.165, 1.54) is 7.11 Å². The molecule has 6 nitrogen and oxygen atoms in total. The van der Waals surface area contributed by atoms with Gasteiger partial charge in [-0.1, -0.05) is 35.9 Å². The van der Waals surface area contributed by atoms with Crippen LogP contribution in [0.25, 0.3) is 0 Å². The molecule has 1 amide bonds. The monoisotopic (exact) mass is 362 g/mol. The van der Waals surface area contributed by atoms with E-state index < -0.39 is 15.9 Å². The van der Waals surface area contributed by atoms with Crippen LogP contribution in [0.4, 0.5) is 5.69 Å².